The predicted octanol–water partition coefficient (Wildman–Crippen LogP) is 1.04. The standard InChI is InChI=1S/C10H15N5/c1-3-14-5-4-12-10(14)7-15-8(2)9(11)6-13-15/h4-6H,3,7,11H2,1-2H3. The van der Waals surface area contributed by atoms with Crippen LogP contribution in [0.3, 0.4) is 0 Å². The lowest BCUT2D eigenvalue weighted by molar-refractivity contribution is 0.595. The highest BCUT2D eigenvalue weighted by Gasteiger charge is 2.06. The molecule has 0 saturated carbocycles. The molecule has 15 heavy (non-hydrogen) atoms. The van der Waals surface area contributed by atoms with Crippen LogP contribution < -0.4 is 5.73 Å². The fraction of sp³-hybridized carbons (Fsp3) is 0.400. The van der Waals surface area contributed by atoms with Gasteiger partial charge in [-0.25, -0.2) is 4.98 Å². The van der Waals surface area contributed by atoms with Crippen molar-refractivity contribution >= 4 is 5.69 Å². The van der Waals surface area contributed by atoms with Gasteiger partial charge < -0.3 is 10.3 Å². The number of nitrogen functional groups attached to an aromatic ring is 1. The molecular formula is C10H15N5. The summed E-state index contributed by atoms with van der Waals surface area (Å²) < 4.78 is 3.96. The van der Waals surface area contributed by atoms with Crippen LogP contribution in [0.1, 0.15) is 18.4 Å². The van der Waals surface area contributed by atoms with Crippen molar-refractivity contribution in [3.63, 3.8) is 0 Å². The van der Waals surface area contributed by atoms with Crippen molar-refractivity contribution in [3.05, 3.63) is 30.1 Å². The number of aryl methyl sites for hydroxylation is 1. The first kappa shape index (κ1) is 9.76. The van der Waals surface area contributed by atoms with E-state index >= 15 is 0 Å². The molecule has 0 aliphatic heterocycles. The van der Waals surface area contributed by atoms with Gasteiger partial charge in [0.1, 0.15) is 5.82 Å². The zero-order chi connectivity index (χ0) is 10.8. The molecule has 2 N–H and O–H groups in total. The van der Waals surface area contributed by atoms with Crippen molar-refractivity contribution in [1.82, 2.24) is 19.3 Å². The molecule has 5 heteroatoms. The normalized spacial score (nSPS) is 10.8. The van der Waals surface area contributed by atoms with Gasteiger partial charge in [-0.05, 0) is 13.8 Å². The molecule has 0 fully saturated rings. The summed E-state index contributed by atoms with van der Waals surface area (Å²) in [5, 5.41) is 4.20. The molecule has 2 rings (SSSR count). The second kappa shape index (κ2) is 3.76. The molecule has 0 spiro atoms. The van der Waals surface area contributed by atoms with Crippen molar-refractivity contribution in [2.45, 2.75) is 26.9 Å². The lowest BCUT2D eigenvalue weighted by atomic mass is 10.4. The third-order valence-corrected chi connectivity index (χ3v) is 2.57. The summed E-state index contributed by atoms with van der Waals surface area (Å²) in [4.78, 5) is 4.29. The van der Waals surface area contributed by atoms with Gasteiger partial charge in [-0.3, -0.25) is 4.68 Å². The first-order valence-corrected chi connectivity index (χ1v) is 5.00. The zero-order valence-corrected chi connectivity index (χ0v) is 9.01. The topological polar surface area (TPSA) is 61.7 Å². The summed E-state index contributed by atoms with van der Waals surface area (Å²) in [6, 6.07) is 0. The summed E-state index contributed by atoms with van der Waals surface area (Å²) >= 11 is 0. The zero-order valence-electron chi connectivity index (χ0n) is 9.01. The van der Waals surface area contributed by atoms with Crippen molar-refractivity contribution in [1.29, 1.82) is 0 Å². The SMILES string of the molecule is CCn1ccnc1Cn1ncc(N)c1C. The van der Waals surface area contributed by atoms with E-state index in [0.29, 0.717) is 6.54 Å². The molecule has 2 aromatic heterocycles. The molecule has 0 aliphatic rings. The number of hydrogen-bond donors (Lipinski definition) is 1. The van der Waals surface area contributed by atoms with E-state index < -0.39 is 0 Å². The molecule has 2 aromatic rings. The minimum Gasteiger partial charge on any atom is -0.396 e. The summed E-state index contributed by atoms with van der Waals surface area (Å²) in [5.74, 6) is 1.00. The van der Waals surface area contributed by atoms with Crippen LogP contribution in [0.4, 0.5) is 5.69 Å². The van der Waals surface area contributed by atoms with Gasteiger partial charge in [0.05, 0.1) is 24.1 Å². The van der Waals surface area contributed by atoms with Crippen LogP contribution in [-0.2, 0) is 13.1 Å². The third kappa shape index (κ3) is 1.72. The minimum absolute atomic E-state index is 0.671. The number of hydrogen-bond acceptors (Lipinski definition) is 3. The van der Waals surface area contributed by atoms with E-state index in [2.05, 4.69) is 21.6 Å². The number of anilines is 1. The Labute approximate surface area is 88.5 Å². The van der Waals surface area contributed by atoms with Gasteiger partial charge >= 0.3 is 0 Å². The average Bonchev–Trinajstić information content (AvgIpc) is 2.80. The number of nitrogens with two attached hydrogens (primary N) is 1. The summed E-state index contributed by atoms with van der Waals surface area (Å²) in [6.45, 7) is 5.64. The highest BCUT2D eigenvalue weighted by Crippen LogP contribution is 2.10. The smallest absolute Gasteiger partial charge is 0.130 e. The van der Waals surface area contributed by atoms with Crippen LogP contribution in [0.25, 0.3) is 0 Å². The van der Waals surface area contributed by atoms with E-state index in [4.69, 9.17) is 5.73 Å². The van der Waals surface area contributed by atoms with Gasteiger partial charge in [0.2, 0.25) is 0 Å². The number of nitrogens with zero attached hydrogens (tertiary/aromatic N) is 4. The lowest BCUT2D eigenvalue weighted by Crippen LogP contribution is -2.10. The lowest BCUT2D eigenvalue weighted by Gasteiger charge is -2.06. The highest BCUT2D eigenvalue weighted by atomic mass is 15.3. The van der Waals surface area contributed by atoms with Crippen LogP contribution in [0.15, 0.2) is 18.6 Å². The van der Waals surface area contributed by atoms with Crippen molar-refractivity contribution in [2.75, 3.05) is 5.73 Å². The predicted molar refractivity (Wildman–Crippen MR) is 58.4 cm³/mol. The van der Waals surface area contributed by atoms with Crippen molar-refractivity contribution in [2.24, 2.45) is 0 Å². The number of aromatic nitrogens is 4. The highest BCUT2D eigenvalue weighted by molar-refractivity contribution is 5.39. The molecule has 0 atom stereocenters. The molecule has 0 bridgehead atoms. The summed E-state index contributed by atoms with van der Waals surface area (Å²) in [7, 11) is 0. The number of imidazole rings is 1. The van der Waals surface area contributed by atoms with E-state index in [1.807, 2.05) is 17.8 Å². The Kier molecular flexibility index (Phi) is 2.45. The fourth-order valence-corrected chi connectivity index (χ4v) is 1.53. The minimum atomic E-state index is 0.671. The van der Waals surface area contributed by atoms with Crippen molar-refractivity contribution in [3.8, 4) is 0 Å². The van der Waals surface area contributed by atoms with E-state index in [1.165, 1.54) is 0 Å². The van der Waals surface area contributed by atoms with Gasteiger partial charge in [-0.2, -0.15) is 5.10 Å². The summed E-state index contributed by atoms with van der Waals surface area (Å²) in [5.41, 5.74) is 7.44. The van der Waals surface area contributed by atoms with E-state index in [1.54, 1.807) is 12.4 Å². The van der Waals surface area contributed by atoms with Crippen LogP contribution >= 0.6 is 0 Å². The Morgan fingerprint density at radius 2 is 2.27 bits per heavy atom. The molecule has 0 radical (unpaired) electrons. The Morgan fingerprint density at radius 1 is 1.47 bits per heavy atom. The molecule has 0 amide bonds. The van der Waals surface area contributed by atoms with E-state index in [0.717, 1.165) is 23.8 Å². The van der Waals surface area contributed by atoms with E-state index in [-0.39, 0.29) is 0 Å². The van der Waals surface area contributed by atoms with Crippen LogP contribution in [0, 0.1) is 6.92 Å². The Bertz CT molecular complexity index is 454. The number of rotatable bonds is 3. The third-order valence-electron chi connectivity index (χ3n) is 2.57. The first-order valence-electron chi connectivity index (χ1n) is 5.00. The van der Waals surface area contributed by atoms with Crippen LogP contribution in [0.2, 0.25) is 0 Å². The Balaban J connectivity index is 2.25. The molecule has 0 saturated heterocycles. The Hall–Kier alpha value is -1.78. The van der Waals surface area contributed by atoms with Gasteiger partial charge in [0.15, 0.2) is 0 Å². The maximum absolute atomic E-state index is 5.73. The molecular weight excluding hydrogens is 190 g/mol. The monoisotopic (exact) mass is 205 g/mol. The maximum atomic E-state index is 5.73. The second-order valence-corrected chi connectivity index (χ2v) is 3.47. The van der Waals surface area contributed by atoms with Crippen LogP contribution in [-0.4, -0.2) is 19.3 Å². The average molecular weight is 205 g/mol. The maximum Gasteiger partial charge on any atom is 0.130 e. The Morgan fingerprint density at radius 3 is 2.87 bits per heavy atom. The van der Waals surface area contributed by atoms with Gasteiger partial charge in [-0.1, -0.05) is 0 Å². The first-order chi connectivity index (χ1) is 7.22. The summed E-state index contributed by atoms with van der Waals surface area (Å²) in [6.07, 6.45) is 5.45. The molecule has 5 nitrogen and oxygen atoms in total. The quantitative estimate of drug-likeness (QED) is 0.814. The van der Waals surface area contributed by atoms with Gasteiger partial charge in [0, 0.05) is 18.9 Å². The van der Waals surface area contributed by atoms with Crippen molar-refractivity contribution < 1.29 is 0 Å². The molecule has 0 aromatic carbocycles. The largest absolute Gasteiger partial charge is 0.396 e. The molecule has 80 valence electrons. The molecule has 0 unspecified atom stereocenters. The van der Waals surface area contributed by atoms with Gasteiger partial charge in [0.25, 0.3) is 0 Å². The molecule has 0 aliphatic carbocycles. The van der Waals surface area contributed by atoms with Gasteiger partial charge in [-0.15, -0.1) is 0 Å². The second-order valence-electron chi connectivity index (χ2n) is 3.47. The molecule has 2 heterocycles. The fourth-order valence-electron chi connectivity index (χ4n) is 1.53. The van der Waals surface area contributed by atoms with Crippen LogP contribution in [0.5, 0.6) is 0 Å². The van der Waals surface area contributed by atoms with E-state index in [9.17, 15) is 0 Å².